The van der Waals surface area contributed by atoms with Gasteiger partial charge in [0.25, 0.3) is 0 Å². The van der Waals surface area contributed by atoms with Crippen LogP contribution < -0.4 is 0 Å². The maximum Gasteiger partial charge on any atom is 2.00 e. The van der Waals surface area contributed by atoms with E-state index in [1.54, 1.807) is 24.3 Å². The number of hydrogen-bond acceptors (Lipinski definition) is 4. The molecule has 4 aromatic heterocycles. The number of nitrogens with zero attached hydrogens (tertiary/aromatic N) is 5. The summed E-state index contributed by atoms with van der Waals surface area (Å²) in [5, 5.41) is 4.90. The van der Waals surface area contributed by atoms with Crippen LogP contribution in [0.1, 0.15) is 30.9 Å². The number of pyridine rings is 3. The predicted octanol–water partition coefficient (Wildman–Crippen LogP) is 6.10. The molecule has 190 valence electrons. The third-order valence-corrected chi connectivity index (χ3v) is 5.78. The molecule has 0 saturated heterocycles. The van der Waals surface area contributed by atoms with Crippen LogP contribution in [0.25, 0.3) is 27.8 Å². The fourth-order valence-corrected chi connectivity index (χ4v) is 3.81. The van der Waals surface area contributed by atoms with Crippen LogP contribution >= 0.6 is 0 Å². The minimum absolute atomic E-state index is 0. The fourth-order valence-electron chi connectivity index (χ4n) is 3.81. The first-order valence-electron chi connectivity index (χ1n) is 10.7. The quantitative estimate of drug-likeness (QED) is 0.130. The Bertz CT molecular complexity index is 1600. The van der Waals surface area contributed by atoms with Gasteiger partial charge >= 0.3 is 27.2 Å². The number of rotatable bonds is 4. The molecule has 1 aromatic carbocycles. The molecular formula is C26H16F5N5Pt. The Morgan fingerprint density at radius 1 is 0.838 bits per heavy atom. The predicted molar refractivity (Wildman–Crippen MR) is 121 cm³/mol. The first kappa shape index (κ1) is 26.5. The monoisotopic (exact) mass is 688 g/mol. The first-order chi connectivity index (χ1) is 17.0. The van der Waals surface area contributed by atoms with Crippen molar-refractivity contribution in [2.24, 2.45) is 0 Å². The van der Waals surface area contributed by atoms with Gasteiger partial charge in [-0.1, -0.05) is 54.2 Å². The van der Waals surface area contributed by atoms with E-state index < -0.39 is 29.2 Å². The van der Waals surface area contributed by atoms with Crippen molar-refractivity contribution in [3.05, 3.63) is 102 Å². The zero-order chi connectivity index (χ0) is 25.7. The number of aromatic nitrogens is 5. The maximum absolute atomic E-state index is 14.6. The molecule has 0 amide bonds. The molecule has 37 heavy (non-hydrogen) atoms. The number of halogens is 5. The molecule has 5 rings (SSSR count). The van der Waals surface area contributed by atoms with Crippen LogP contribution in [0.15, 0.2) is 60.7 Å². The number of hydrogen-bond donors (Lipinski definition) is 0. The average molecular weight is 689 g/mol. The summed E-state index contributed by atoms with van der Waals surface area (Å²) in [6.45, 7) is 3.66. The Kier molecular flexibility index (Phi) is 6.99. The number of benzene rings is 1. The second kappa shape index (κ2) is 9.74. The molecule has 0 fully saturated rings. The fraction of sp³-hybridized carbons (Fsp3) is 0.154. The summed E-state index contributed by atoms with van der Waals surface area (Å²) in [4.78, 5) is 12.5. The van der Waals surface area contributed by atoms with Crippen LogP contribution in [-0.4, -0.2) is 24.7 Å². The number of fused-ring (bicyclic) bond motifs is 1. The summed E-state index contributed by atoms with van der Waals surface area (Å²) in [5.74, 6) is -1.90. The molecule has 0 aliphatic carbocycles. The van der Waals surface area contributed by atoms with Gasteiger partial charge in [-0.3, -0.25) is 20.1 Å². The molecular weight excluding hydrogens is 672 g/mol. The Morgan fingerprint density at radius 3 is 2.30 bits per heavy atom. The van der Waals surface area contributed by atoms with Crippen LogP contribution in [0.3, 0.4) is 0 Å². The van der Waals surface area contributed by atoms with Gasteiger partial charge in [-0.2, -0.15) is 13.2 Å². The third-order valence-electron chi connectivity index (χ3n) is 5.78. The van der Waals surface area contributed by atoms with Crippen LogP contribution in [0.4, 0.5) is 22.0 Å². The van der Waals surface area contributed by atoms with E-state index in [0.717, 1.165) is 22.2 Å². The van der Waals surface area contributed by atoms with Crippen LogP contribution in [0.2, 0.25) is 0 Å². The molecule has 5 aromatic rings. The molecule has 0 spiro atoms. The van der Waals surface area contributed by atoms with Gasteiger partial charge in [0, 0.05) is 22.5 Å². The summed E-state index contributed by atoms with van der Waals surface area (Å²) in [6.07, 6.45) is -2.17. The van der Waals surface area contributed by atoms with Gasteiger partial charge in [0.15, 0.2) is 0 Å². The van der Waals surface area contributed by atoms with Gasteiger partial charge in [-0.05, 0) is 36.8 Å². The topological polar surface area (TPSA) is 56.5 Å². The van der Waals surface area contributed by atoms with E-state index in [9.17, 15) is 22.0 Å². The zero-order valence-corrected chi connectivity index (χ0v) is 21.5. The van der Waals surface area contributed by atoms with Crippen molar-refractivity contribution in [2.45, 2.75) is 25.4 Å². The second-order valence-corrected chi connectivity index (χ2v) is 8.54. The van der Waals surface area contributed by atoms with Gasteiger partial charge in [0.1, 0.15) is 11.9 Å². The van der Waals surface area contributed by atoms with E-state index in [4.69, 9.17) is 4.98 Å². The second-order valence-electron chi connectivity index (χ2n) is 8.54. The van der Waals surface area contributed by atoms with E-state index in [-0.39, 0.29) is 38.1 Å². The molecule has 0 atom stereocenters. The van der Waals surface area contributed by atoms with Gasteiger partial charge in [0.2, 0.25) is 0 Å². The Balaban J connectivity index is 0.00000320. The zero-order valence-electron chi connectivity index (χ0n) is 19.2. The van der Waals surface area contributed by atoms with Crippen molar-refractivity contribution >= 4 is 10.8 Å². The maximum atomic E-state index is 14.6. The van der Waals surface area contributed by atoms with Crippen molar-refractivity contribution in [1.82, 2.24) is 24.7 Å². The molecule has 0 radical (unpaired) electrons. The average Bonchev–Trinajstić information content (AvgIpc) is 3.35. The summed E-state index contributed by atoms with van der Waals surface area (Å²) in [5.41, 5.74) is -0.837. The number of alkyl halides is 3. The molecule has 0 aliphatic rings. The molecule has 0 aliphatic heterocycles. The molecule has 0 unspecified atom stereocenters. The first-order valence-corrected chi connectivity index (χ1v) is 10.7. The van der Waals surface area contributed by atoms with Crippen LogP contribution in [0, 0.1) is 24.2 Å². The van der Waals surface area contributed by atoms with Crippen molar-refractivity contribution in [3.8, 4) is 17.1 Å². The third kappa shape index (κ3) is 5.03. The summed E-state index contributed by atoms with van der Waals surface area (Å²) >= 11 is 0. The van der Waals surface area contributed by atoms with Crippen molar-refractivity contribution in [3.63, 3.8) is 0 Å². The van der Waals surface area contributed by atoms with Crippen molar-refractivity contribution in [1.29, 1.82) is 0 Å². The summed E-state index contributed by atoms with van der Waals surface area (Å²) in [6, 6.07) is 18.1. The van der Waals surface area contributed by atoms with Crippen molar-refractivity contribution < 1.29 is 43.0 Å². The smallest absolute Gasteiger partial charge is 0.343 e. The van der Waals surface area contributed by atoms with E-state index >= 15 is 0 Å². The standard InChI is InChI=1S/C26H16F5N5.Pt/c1-25(2,18-8-5-9-22(32-18)36-13-12-19(35-36)26(29,30)31)20-14-15-6-3-4-7-16(15)23(33-20)17-10-11-21(27)34-24(17)28;/h3-9,11-12,14H,1-2H3;/q-2;+2. The van der Waals surface area contributed by atoms with E-state index in [2.05, 4.69) is 27.3 Å². The molecule has 4 heterocycles. The van der Waals surface area contributed by atoms with Crippen molar-refractivity contribution in [2.75, 3.05) is 0 Å². The van der Waals surface area contributed by atoms with Gasteiger partial charge in [-0.15, -0.1) is 12.1 Å². The Labute approximate surface area is 222 Å². The normalized spacial score (nSPS) is 12.0. The van der Waals surface area contributed by atoms with Crippen LogP contribution in [-0.2, 0) is 32.7 Å². The molecule has 0 bridgehead atoms. The molecule has 0 N–H and O–H groups in total. The Morgan fingerprint density at radius 2 is 1.59 bits per heavy atom. The summed E-state index contributed by atoms with van der Waals surface area (Å²) < 4.78 is 67.9. The van der Waals surface area contributed by atoms with Crippen LogP contribution in [0.5, 0.6) is 0 Å². The summed E-state index contributed by atoms with van der Waals surface area (Å²) in [7, 11) is 0. The van der Waals surface area contributed by atoms with E-state index in [1.165, 1.54) is 6.07 Å². The SMILES string of the molecule is CC(C)(c1cccc(-n2[c-]cc(C(F)(F)F)n2)n1)c1cc2ccccc2c(-c2[c-]cc(F)nc2F)n1.[Pt+2]. The van der Waals surface area contributed by atoms with E-state index in [0.29, 0.717) is 16.8 Å². The molecule has 5 nitrogen and oxygen atoms in total. The minimum atomic E-state index is -4.61. The van der Waals surface area contributed by atoms with Gasteiger partial charge < -0.3 is 4.68 Å². The molecule has 11 heteroatoms. The van der Waals surface area contributed by atoms with Gasteiger partial charge in [0.05, 0.1) is 11.5 Å². The largest absolute Gasteiger partial charge is 2.00 e. The minimum Gasteiger partial charge on any atom is -0.343 e. The molecule has 0 saturated carbocycles. The van der Waals surface area contributed by atoms with Gasteiger partial charge in [-0.25, -0.2) is 8.78 Å². The Hall–Kier alpha value is -3.52. The van der Waals surface area contributed by atoms with E-state index in [1.807, 2.05) is 32.0 Å².